The Balaban J connectivity index is 2.43. The lowest BCUT2D eigenvalue weighted by Gasteiger charge is -2.17. The molecule has 0 saturated heterocycles. The Morgan fingerprint density at radius 2 is 1.95 bits per heavy atom. The van der Waals surface area contributed by atoms with E-state index in [0.29, 0.717) is 16.9 Å². The third-order valence-corrected chi connectivity index (χ3v) is 3.83. The van der Waals surface area contributed by atoms with Crippen LogP contribution < -0.4 is 5.11 Å². The maximum absolute atomic E-state index is 12.9. The van der Waals surface area contributed by atoms with Crippen LogP contribution in [0.2, 0.25) is 0 Å². The van der Waals surface area contributed by atoms with Crippen molar-refractivity contribution < 1.29 is 23.1 Å². The van der Waals surface area contributed by atoms with Crippen molar-refractivity contribution in [2.45, 2.75) is 31.1 Å². The van der Waals surface area contributed by atoms with Crippen LogP contribution in [0.4, 0.5) is 18.0 Å². The van der Waals surface area contributed by atoms with Gasteiger partial charge in [0.15, 0.2) is 0 Å². The van der Waals surface area contributed by atoms with E-state index in [0.717, 1.165) is 22.7 Å². The Morgan fingerprint density at radius 1 is 1.37 bits per heavy atom. The molecule has 0 saturated carbocycles. The molecule has 1 aromatic carbocycles. The Hall–Kier alpha value is -1.37. The van der Waals surface area contributed by atoms with Gasteiger partial charge in [0, 0.05) is 18.0 Å². The summed E-state index contributed by atoms with van der Waals surface area (Å²) >= 11 is 1.10. The summed E-state index contributed by atoms with van der Waals surface area (Å²) in [4.78, 5) is 11.9. The van der Waals surface area contributed by atoms with E-state index in [1.807, 2.05) is 0 Å². The average molecular weight is 290 g/mol. The van der Waals surface area contributed by atoms with E-state index in [4.69, 9.17) is 0 Å². The number of amides is 1. The number of hydrogen-bond acceptors (Lipinski definition) is 3. The highest BCUT2D eigenvalue weighted by Crippen LogP contribution is 2.40. The number of halogens is 3. The van der Waals surface area contributed by atoms with Crippen molar-refractivity contribution in [1.29, 1.82) is 0 Å². The molecule has 1 aromatic rings. The van der Waals surface area contributed by atoms with Crippen LogP contribution in [0, 0.1) is 0 Å². The largest absolute Gasteiger partial charge is 0.530 e. The molecule has 0 bridgehead atoms. The van der Waals surface area contributed by atoms with Crippen molar-refractivity contribution in [3.8, 4) is 0 Å². The molecule has 0 radical (unpaired) electrons. The molecule has 1 aliphatic rings. The Morgan fingerprint density at radius 3 is 2.42 bits per heavy atom. The molecule has 0 unspecified atom stereocenters. The Labute approximate surface area is 112 Å². The van der Waals surface area contributed by atoms with Crippen LogP contribution in [0.3, 0.4) is 0 Å². The van der Waals surface area contributed by atoms with Crippen LogP contribution in [0.1, 0.15) is 23.6 Å². The lowest BCUT2D eigenvalue weighted by molar-refractivity contribution is -0.266. The predicted molar refractivity (Wildman–Crippen MR) is 62.5 cm³/mol. The van der Waals surface area contributed by atoms with E-state index in [1.54, 1.807) is 6.92 Å². The number of rotatable bonds is 2. The van der Waals surface area contributed by atoms with Crippen LogP contribution >= 0.6 is 11.8 Å². The van der Waals surface area contributed by atoms with E-state index >= 15 is 0 Å². The highest BCUT2D eigenvalue weighted by Gasteiger charge is 2.35. The third kappa shape index (κ3) is 2.80. The van der Waals surface area contributed by atoms with Gasteiger partial charge in [0.25, 0.3) is 0 Å². The molecule has 0 aliphatic carbocycles. The monoisotopic (exact) mass is 290 g/mol. The van der Waals surface area contributed by atoms with E-state index in [9.17, 15) is 23.1 Å². The van der Waals surface area contributed by atoms with Crippen LogP contribution in [-0.4, -0.2) is 16.7 Å². The third-order valence-electron chi connectivity index (χ3n) is 2.89. The molecule has 3 nitrogen and oxygen atoms in total. The second kappa shape index (κ2) is 4.96. The van der Waals surface area contributed by atoms with Gasteiger partial charge < -0.3 is 14.8 Å². The van der Waals surface area contributed by atoms with Gasteiger partial charge in [-0.3, -0.25) is 0 Å². The Bertz CT molecular complexity index is 516. The molecule has 0 N–H and O–H groups in total. The van der Waals surface area contributed by atoms with Crippen LogP contribution in [0.25, 0.3) is 0 Å². The summed E-state index contributed by atoms with van der Waals surface area (Å²) in [5, 5.41) is 10.7. The van der Waals surface area contributed by atoms with Gasteiger partial charge in [-0.05, 0) is 29.0 Å². The number of thioether (sulfide) groups is 1. The minimum atomic E-state index is -4.43. The molecular weight excluding hydrogens is 279 g/mol. The normalized spacial score (nSPS) is 14.6. The van der Waals surface area contributed by atoms with E-state index in [-0.39, 0.29) is 18.0 Å². The summed E-state index contributed by atoms with van der Waals surface area (Å²) in [6, 6.07) is 2.49. The van der Waals surface area contributed by atoms with Crippen molar-refractivity contribution in [2.75, 3.05) is 5.75 Å². The van der Waals surface area contributed by atoms with Crippen LogP contribution in [0.5, 0.6) is 0 Å². The fourth-order valence-electron chi connectivity index (χ4n) is 2.05. The molecule has 0 atom stereocenters. The van der Waals surface area contributed by atoms with Gasteiger partial charge in [0.05, 0.1) is 5.56 Å². The van der Waals surface area contributed by atoms with Gasteiger partial charge in [-0.1, -0.05) is 6.92 Å². The first-order valence-corrected chi connectivity index (χ1v) is 6.63. The number of alkyl halides is 3. The fraction of sp³-hybridized carbons (Fsp3) is 0.417. The lowest BCUT2D eigenvalue weighted by atomic mass is 10.1. The molecule has 0 spiro atoms. The predicted octanol–water partition coefficient (Wildman–Crippen LogP) is 2.48. The lowest BCUT2D eigenvalue weighted by Crippen LogP contribution is -2.37. The van der Waals surface area contributed by atoms with E-state index in [2.05, 4.69) is 0 Å². The van der Waals surface area contributed by atoms with Crippen molar-refractivity contribution in [2.24, 2.45) is 0 Å². The van der Waals surface area contributed by atoms with Gasteiger partial charge >= 0.3 is 6.18 Å². The quantitative estimate of drug-likeness (QED) is 0.786. The van der Waals surface area contributed by atoms with E-state index < -0.39 is 17.8 Å². The Kier molecular flexibility index (Phi) is 3.66. The van der Waals surface area contributed by atoms with Gasteiger partial charge in [-0.15, -0.1) is 11.8 Å². The van der Waals surface area contributed by atoms with Crippen molar-refractivity contribution >= 4 is 17.9 Å². The first kappa shape index (κ1) is 14.0. The number of fused-ring (bicyclic) bond motifs is 1. The summed E-state index contributed by atoms with van der Waals surface area (Å²) in [5.41, 5.74) is 0.323. The van der Waals surface area contributed by atoms with Crippen molar-refractivity contribution in [3.05, 3.63) is 28.8 Å². The molecule has 104 valence electrons. The number of carbonyl (C=O) groups is 1. The van der Waals surface area contributed by atoms with Gasteiger partial charge in [0.2, 0.25) is 0 Å². The number of hydrogen-bond donors (Lipinski definition) is 0. The van der Waals surface area contributed by atoms with Crippen LogP contribution in [-0.2, 0) is 19.3 Å². The highest BCUT2D eigenvalue weighted by atomic mass is 32.2. The smallest absolute Gasteiger partial charge is 0.417 e. The maximum Gasteiger partial charge on any atom is 0.417 e. The van der Waals surface area contributed by atoms with E-state index in [1.165, 1.54) is 6.07 Å². The SMILES string of the molecule is CCSc1cc2c(cc1C(F)(F)F)CN(C(=O)[O-])C2. The molecule has 1 amide bonds. The topological polar surface area (TPSA) is 43.4 Å². The number of nitrogens with zero attached hydrogens (tertiary/aromatic N) is 1. The number of carboxylic acid groups (broad SMARTS) is 1. The zero-order valence-electron chi connectivity index (χ0n) is 10.1. The standard InChI is InChI=1S/C12H12F3NO2S/c1-2-19-10-4-8-6-16(11(17)18)5-7(8)3-9(10)12(13,14)15/h3-4H,2,5-6H2,1H3,(H,17,18)/p-1. The maximum atomic E-state index is 12.9. The van der Waals surface area contributed by atoms with Gasteiger partial charge in [0.1, 0.15) is 6.09 Å². The summed E-state index contributed by atoms with van der Waals surface area (Å²) < 4.78 is 38.8. The molecule has 1 heterocycles. The zero-order chi connectivity index (χ0) is 14.2. The summed E-state index contributed by atoms with van der Waals surface area (Å²) in [7, 11) is 0. The van der Waals surface area contributed by atoms with Crippen LogP contribution in [0.15, 0.2) is 17.0 Å². The van der Waals surface area contributed by atoms with Crippen molar-refractivity contribution in [1.82, 2.24) is 4.90 Å². The number of benzene rings is 1. The summed E-state index contributed by atoms with van der Waals surface area (Å²) in [6.45, 7) is 1.82. The zero-order valence-corrected chi connectivity index (χ0v) is 10.9. The molecule has 1 aliphatic heterocycles. The molecule has 7 heteroatoms. The first-order valence-electron chi connectivity index (χ1n) is 5.64. The first-order chi connectivity index (χ1) is 8.82. The van der Waals surface area contributed by atoms with Gasteiger partial charge in [-0.2, -0.15) is 13.2 Å². The molecule has 0 aromatic heterocycles. The molecule has 0 fully saturated rings. The minimum Gasteiger partial charge on any atom is -0.530 e. The molecule has 2 rings (SSSR count). The fourth-order valence-corrected chi connectivity index (χ4v) is 2.92. The molecule has 19 heavy (non-hydrogen) atoms. The summed E-state index contributed by atoms with van der Waals surface area (Å²) in [6.07, 6.45) is -5.80. The van der Waals surface area contributed by atoms with Gasteiger partial charge in [-0.25, -0.2) is 0 Å². The average Bonchev–Trinajstić information content (AvgIpc) is 2.70. The second-order valence-corrected chi connectivity index (χ2v) is 5.48. The highest BCUT2D eigenvalue weighted by molar-refractivity contribution is 7.99. The van der Waals surface area contributed by atoms with Crippen molar-refractivity contribution in [3.63, 3.8) is 0 Å². The summed E-state index contributed by atoms with van der Waals surface area (Å²) in [5.74, 6) is 0.520. The minimum absolute atomic E-state index is 0.0438. The molecular formula is C12H11F3NO2S-. The second-order valence-electron chi connectivity index (χ2n) is 4.17. The number of carbonyl (C=O) groups excluding carboxylic acids is 1.